The van der Waals surface area contributed by atoms with Crippen molar-refractivity contribution in [3.8, 4) is 11.5 Å². The van der Waals surface area contributed by atoms with Gasteiger partial charge in [0.1, 0.15) is 17.0 Å². The summed E-state index contributed by atoms with van der Waals surface area (Å²) in [5.74, 6) is 1.04. The van der Waals surface area contributed by atoms with Gasteiger partial charge in [-0.15, -0.1) is 0 Å². The van der Waals surface area contributed by atoms with Gasteiger partial charge < -0.3 is 9.47 Å². The molecule has 0 radical (unpaired) electrons. The first-order valence-electron chi connectivity index (χ1n) is 7.90. The summed E-state index contributed by atoms with van der Waals surface area (Å²) in [6.45, 7) is -0.148. The van der Waals surface area contributed by atoms with E-state index in [2.05, 4.69) is 60.7 Å². The van der Waals surface area contributed by atoms with E-state index in [1.165, 1.54) is 0 Å². The van der Waals surface area contributed by atoms with Crippen LogP contribution in [-0.4, -0.2) is 30.8 Å². The second-order valence-electron chi connectivity index (χ2n) is 5.43. The Kier molecular flexibility index (Phi) is 6.83. The monoisotopic (exact) mass is 587 g/mol. The molecule has 0 saturated heterocycles. The highest BCUT2D eigenvalue weighted by Crippen LogP contribution is 2.28. The van der Waals surface area contributed by atoms with Crippen LogP contribution < -0.4 is 14.9 Å². The third kappa shape index (κ3) is 5.06. The van der Waals surface area contributed by atoms with Crippen molar-refractivity contribution in [1.82, 2.24) is 10.4 Å². The van der Waals surface area contributed by atoms with E-state index in [0.717, 1.165) is 29.4 Å². The van der Waals surface area contributed by atoms with Gasteiger partial charge in [0.05, 0.1) is 20.5 Å². The maximum absolute atomic E-state index is 12.0. The molecule has 138 valence electrons. The first-order valence-corrected chi connectivity index (χ1v) is 10.1. The van der Waals surface area contributed by atoms with Gasteiger partial charge in [-0.25, -0.2) is 5.43 Å². The minimum absolute atomic E-state index is 0.148. The fraction of sp³-hybridized carbons (Fsp3) is 0.105. The summed E-state index contributed by atoms with van der Waals surface area (Å²) in [6, 6.07) is 13.2. The van der Waals surface area contributed by atoms with E-state index in [4.69, 9.17) is 9.47 Å². The fourth-order valence-corrected chi connectivity index (χ4v) is 4.65. The largest absolute Gasteiger partial charge is 0.495 e. The van der Waals surface area contributed by atoms with Gasteiger partial charge >= 0.3 is 0 Å². The molecule has 0 fully saturated rings. The van der Waals surface area contributed by atoms with Crippen molar-refractivity contribution in [2.45, 2.75) is 0 Å². The standard InChI is InChI=1S/C19H15I2N3O3/c1-26-19-14(20)8-12(9-15(19)21)10-23-24-17(25)11-27-16-6-2-4-13-5-3-7-22-18(13)16/h2-10H,11H2,1H3,(H,24,25)/b23-10+. The second kappa shape index (κ2) is 9.31. The molecule has 3 aromatic rings. The van der Waals surface area contributed by atoms with Crippen LogP contribution in [0.1, 0.15) is 5.56 Å². The van der Waals surface area contributed by atoms with Gasteiger partial charge in [0.2, 0.25) is 0 Å². The smallest absolute Gasteiger partial charge is 0.277 e. The van der Waals surface area contributed by atoms with E-state index < -0.39 is 0 Å². The Morgan fingerprint density at radius 1 is 1.22 bits per heavy atom. The molecule has 1 heterocycles. The molecular formula is C19H15I2N3O3. The van der Waals surface area contributed by atoms with Crippen molar-refractivity contribution in [1.29, 1.82) is 0 Å². The molecule has 1 N–H and O–H groups in total. The lowest BCUT2D eigenvalue weighted by Gasteiger charge is -2.08. The van der Waals surface area contributed by atoms with Gasteiger partial charge in [-0.2, -0.15) is 5.10 Å². The van der Waals surface area contributed by atoms with E-state index in [1.54, 1.807) is 25.6 Å². The molecule has 0 aliphatic carbocycles. The number of hydrogen-bond donors (Lipinski definition) is 1. The Labute approximate surface area is 183 Å². The number of hydrogen-bond acceptors (Lipinski definition) is 5. The summed E-state index contributed by atoms with van der Waals surface area (Å²) in [5.41, 5.74) is 4.05. The highest BCUT2D eigenvalue weighted by atomic mass is 127. The molecule has 2 aromatic carbocycles. The number of methoxy groups -OCH3 is 1. The van der Waals surface area contributed by atoms with Crippen LogP contribution in [0.25, 0.3) is 10.9 Å². The van der Waals surface area contributed by atoms with E-state index in [-0.39, 0.29) is 12.5 Å². The molecular weight excluding hydrogens is 572 g/mol. The number of halogens is 2. The lowest BCUT2D eigenvalue weighted by atomic mass is 10.2. The second-order valence-corrected chi connectivity index (χ2v) is 7.76. The molecule has 0 aliphatic rings. The molecule has 0 saturated carbocycles. The van der Waals surface area contributed by atoms with E-state index >= 15 is 0 Å². The topological polar surface area (TPSA) is 72.8 Å². The predicted molar refractivity (Wildman–Crippen MR) is 121 cm³/mol. The number of pyridine rings is 1. The number of amides is 1. The van der Waals surface area contributed by atoms with Gasteiger partial charge in [0, 0.05) is 11.6 Å². The zero-order valence-corrected chi connectivity index (χ0v) is 18.6. The van der Waals surface area contributed by atoms with Crippen LogP contribution in [0.4, 0.5) is 0 Å². The Balaban J connectivity index is 1.59. The molecule has 8 heteroatoms. The summed E-state index contributed by atoms with van der Waals surface area (Å²) in [6.07, 6.45) is 3.28. The Morgan fingerprint density at radius 3 is 2.70 bits per heavy atom. The minimum Gasteiger partial charge on any atom is -0.495 e. The lowest BCUT2D eigenvalue weighted by Crippen LogP contribution is -2.24. The molecule has 0 aliphatic heterocycles. The normalized spacial score (nSPS) is 10.9. The predicted octanol–water partition coefficient (Wildman–Crippen LogP) is 3.98. The fourth-order valence-electron chi connectivity index (χ4n) is 2.40. The number of hydrazone groups is 1. The molecule has 3 rings (SSSR count). The van der Waals surface area contributed by atoms with Gasteiger partial charge in [-0.3, -0.25) is 9.78 Å². The number of carbonyl (C=O) groups is 1. The van der Waals surface area contributed by atoms with Gasteiger partial charge in [-0.05, 0) is 75.0 Å². The minimum atomic E-state index is -0.350. The third-order valence-electron chi connectivity index (χ3n) is 3.58. The number of benzene rings is 2. The van der Waals surface area contributed by atoms with Gasteiger partial charge in [-0.1, -0.05) is 18.2 Å². The van der Waals surface area contributed by atoms with E-state index in [9.17, 15) is 4.79 Å². The molecule has 1 aromatic heterocycles. The van der Waals surface area contributed by atoms with E-state index in [1.807, 2.05) is 36.4 Å². The molecule has 27 heavy (non-hydrogen) atoms. The summed E-state index contributed by atoms with van der Waals surface area (Å²) in [4.78, 5) is 16.3. The van der Waals surface area contributed by atoms with Crippen LogP contribution in [-0.2, 0) is 4.79 Å². The summed E-state index contributed by atoms with van der Waals surface area (Å²) >= 11 is 4.40. The average Bonchev–Trinajstić information content (AvgIpc) is 2.66. The van der Waals surface area contributed by atoms with Crippen LogP contribution in [0, 0.1) is 7.14 Å². The number of carbonyl (C=O) groups excluding carboxylic acids is 1. The van der Waals surface area contributed by atoms with Crippen molar-refractivity contribution >= 4 is 68.2 Å². The summed E-state index contributed by atoms with van der Waals surface area (Å²) < 4.78 is 12.9. The maximum Gasteiger partial charge on any atom is 0.277 e. The summed E-state index contributed by atoms with van der Waals surface area (Å²) in [5, 5.41) is 4.94. The molecule has 0 unspecified atom stereocenters. The molecule has 0 atom stereocenters. The SMILES string of the molecule is COc1c(I)cc(/C=N/NC(=O)COc2cccc3cccnc23)cc1I. The van der Waals surface area contributed by atoms with Crippen LogP contribution in [0.3, 0.4) is 0 Å². The van der Waals surface area contributed by atoms with Gasteiger partial charge in [0.15, 0.2) is 6.61 Å². The van der Waals surface area contributed by atoms with Crippen molar-refractivity contribution in [2.24, 2.45) is 5.10 Å². The number of aromatic nitrogens is 1. The van der Waals surface area contributed by atoms with Crippen LogP contribution >= 0.6 is 45.2 Å². The number of fused-ring (bicyclic) bond motifs is 1. The van der Waals surface area contributed by atoms with Crippen molar-refractivity contribution in [3.05, 3.63) is 61.4 Å². The third-order valence-corrected chi connectivity index (χ3v) is 5.18. The highest BCUT2D eigenvalue weighted by Gasteiger charge is 2.08. The lowest BCUT2D eigenvalue weighted by molar-refractivity contribution is -0.123. The highest BCUT2D eigenvalue weighted by molar-refractivity contribution is 14.1. The number of para-hydroxylation sites is 1. The zero-order valence-electron chi connectivity index (χ0n) is 14.3. The Morgan fingerprint density at radius 2 is 1.96 bits per heavy atom. The molecule has 6 nitrogen and oxygen atoms in total. The van der Waals surface area contributed by atoms with Crippen LogP contribution in [0.15, 0.2) is 53.8 Å². The molecule has 0 spiro atoms. The number of nitrogens with zero attached hydrogens (tertiary/aromatic N) is 2. The first kappa shape index (κ1) is 19.8. The number of nitrogens with one attached hydrogen (secondary N) is 1. The Hall–Kier alpha value is -1.95. The van der Waals surface area contributed by atoms with Crippen LogP contribution in [0.5, 0.6) is 11.5 Å². The van der Waals surface area contributed by atoms with Crippen molar-refractivity contribution < 1.29 is 14.3 Å². The Bertz CT molecular complexity index is 980. The van der Waals surface area contributed by atoms with Gasteiger partial charge in [0.25, 0.3) is 5.91 Å². The van der Waals surface area contributed by atoms with Crippen molar-refractivity contribution in [2.75, 3.05) is 13.7 Å². The molecule has 1 amide bonds. The van der Waals surface area contributed by atoms with E-state index in [0.29, 0.717) is 5.75 Å². The molecule has 0 bridgehead atoms. The maximum atomic E-state index is 12.0. The summed E-state index contributed by atoms with van der Waals surface area (Å²) in [7, 11) is 1.64. The van der Waals surface area contributed by atoms with Crippen LogP contribution in [0.2, 0.25) is 0 Å². The number of ether oxygens (including phenoxy) is 2. The average molecular weight is 587 g/mol. The zero-order chi connectivity index (χ0) is 19.2. The number of rotatable bonds is 6. The first-order chi connectivity index (χ1) is 13.1. The van der Waals surface area contributed by atoms with Crippen molar-refractivity contribution in [3.63, 3.8) is 0 Å². The quantitative estimate of drug-likeness (QED) is 0.269.